The van der Waals surface area contributed by atoms with Crippen molar-refractivity contribution in [2.24, 2.45) is 0 Å². The number of rotatable bonds is 4. The smallest absolute Gasteiger partial charge is 0.272 e. The Hall–Kier alpha value is -3.20. The molecule has 0 bridgehead atoms. The predicted octanol–water partition coefficient (Wildman–Crippen LogP) is 1.59. The fourth-order valence-electron chi connectivity index (χ4n) is 2.95. The van der Waals surface area contributed by atoms with Crippen LogP contribution in [-0.2, 0) is 4.74 Å². The Morgan fingerprint density at radius 1 is 1.27 bits per heavy atom. The van der Waals surface area contributed by atoms with Gasteiger partial charge in [0.05, 0.1) is 5.52 Å². The molecule has 3 aromatic rings. The summed E-state index contributed by atoms with van der Waals surface area (Å²) in [6.45, 7) is 1.34. The van der Waals surface area contributed by atoms with Gasteiger partial charge in [0, 0.05) is 36.5 Å². The van der Waals surface area contributed by atoms with Crippen LogP contribution in [0.3, 0.4) is 0 Å². The molecule has 134 valence electrons. The summed E-state index contributed by atoms with van der Waals surface area (Å²) < 4.78 is 5.32. The van der Waals surface area contributed by atoms with Crippen LogP contribution in [0.25, 0.3) is 10.9 Å². The maximum Gasteiger partial charge on any atom is 0.272 e. The first-order valence-corrected chi connectivity index (χ1v) is 8.41. The number of ether oxygens (including phenoxy) is 1. The third-order valence-electron chi connectivity index (χ3n) is 4.28. The number of nitrogens with one attached hydrogen (secondary N) is 3. The monoisotopic (exact) mass is 353 g/mol. The summed E-state index contributed by atoms with van der Waals surface area (Å²) in [4.78, 5) is 20.6. The number of carbonyl (C=O) groups excluding carboxylic acids is 1. The molecule has 0 spiro atoms. The van der Waals surface area contributed by atoms with Crippen molar-refractivity contribution >= 4 is 34.3 Å². The number of aromatic amines is 1. The Balaban J connectivity index is 1.57. The van der Waals surface area contributed by atoms with Crippen molar-refractivity contribution in [3.05, 3.63) is 36.2 Å². The highest BCUT2D eigenvalue weighted by Gasteiger charge is 2.20. The van der Waals surface area contributed by atoms with E-state index in [0.717, 1.165) is 29.4 Å². The van der Waals surface area contributed by atoms with E-state index >= 15 is 0 Å². The summed E-state index contributed by atoms with van der Waals surface area (Å²) in [5.74, 6) is 0.580. The van der Waals surface area contributed by atoms with Crippen molar-refractivity contribution in [1.29, 1.82) is 0 Å². The van der Waals surface area contributed by atoms with Crippen LogP contribution in [0.5, 0.6) is 0 Å². The van der Waals surface area contributed by atoms with E-state index in [4.69, 9.17) is 10.5 Å². The van der Waals surface area contributed by atoms with Gasteiger partial charge in [-0.15, -0.1) is 0 Å². The summed E-state index contributed by atoms with van der Waals surface area (Å²) in [6, 6.07) is 7.43. The number of fused-ring (bicyclic) bond motifs is 1. The Morgan fingerprint density at radius 3 is 2.92 bits per heavy atom. The third-order valence-corrected chi connectivity index (χ3v) is 4.28. The summed E-state index contributed by atoms with van der Waals surface area (Å²) in [5, 5.41) is 14.0. The molecule has 5 N–H and O–H groups in total. The van der Waals surface area contributed by atoms with Gasteiger partial charge in [0.2, 0.25) is 5.95 Å². The molecule has 1 aliphatic rings. The van der Waals surface area contributed by atoms with E-state index in [-0.39, 0.29) is 17.9 Å². The zero-order valence-corrected chi connectivity index (χ0v) is 14.0. The molecule has 3 heterocycles. The highest BCUT2D eigenvalue weighted by Crippen LogP contribution is 2.23. The van der Waals surface area contributed by atoms with Gasteiger partial charge in [-0.25, -0.2) is 4.98 Å². The van der Waals surface area contributed by atoms with E-state index in [1.54, 1.807) is 12.3 Å². The fraction of sp³-hybridized carbons (Fsp3) is 0.294. The second kappa shape index (κ2) is 6.96. The average Bonchev–Trinajstić information content (AvgIpc) is 3.06. The van der Waals surface area contributed by atoms with Gasteiger partial charge in [0.25, 0.3) is 5.91 Å². The number of nitrogen functional groups attached to an aromatic ring is 1. The first-order valence-electron chi connectivity index (χ1n) is 8.41. The van der Waals surface area contributed by atoms with Crippen LogP contribution >= 0.6 is 0 Å². The van der Waals surface area contributed by atoms with E-state index in [1.807, 2.05) is 18.2 Å². The van der Waals surface area contributed by atoms with Crippen LogP contribution < -0.4 is 16.4 Å². The predicted molar refractivity (Wildman–Crippen MR) is 97.1 cm³/mol. The number of hydrogen-bond donors (Lipinski definition) is 4. The van der Waals surface area contributed by atoms with E-state index in [2.05, 4.69) is 30.8 Å². The van der Waals surface area contributed by atoms with Crippen LogP contribution in [0.4, 0.5) is 17.5 Å². The van der Waals surface area contributed by atoms with Gasteiger partial charge in [-0.1, -0.05) is 0 Å². The second-order valence-electron chi connectivity index (χ2n) is 6.12. The summed E-state index contributed by atoms with van der Waals surface area (Å²) in [5.41, 5.74) is 7.53. The minimum atomic E-state index is -0.188. The Labute approximate surface area is 149 Å². The molecule has 1 aromatic carbocycles. The molecule has 1 amide bonds. The lowest BCUT2D eigenvalue weighted by Crippen LogP contribution is -2.39. The maximum atomic E-state index is 12.6. The molecule has 1 saturated heterocycles. The molecule has 0 atom stereocenters. The van der Waals surface area contributed by atoms with Crippen molar-refractivity contribution in [3.63, 3.8) is 0 Å². The Kier molecular flexibility index (Phi) is 4.36. The highest BCUT2D eigenvalue weighted by molar-refractivity contribution is 6.05. The largest absolute Gasteiger partial charge is 0.381 e. The standard InChI is InChI=1S/C17H19N7O2/c18-17-19-6-3-14(22-17)20-11-1-2-13-12(9-11)15(24-23-13)16(25)21-10-4-7-26-8-5-10/h1-3,6,9-10H,4-5,7-8H2,(H,21,25)(H,23,24)(H3,18,19,20,22). The van der Waals surface area contributed by atoms with Gasteiger partial charge in [0.15, 0.2) is 5.69 Å². The number of H-pyrrole nitrogens is 1. The topological polar surface area (TPSA) is 131 Å². The zero-order valence-electron chi connectivity index (χ0n) is 14.0. The number of anilines is 3. The number of hydrogen-bond acceptors (Lipinski definition) is 7. The van der Waals surface area contributed by atoms with Crippen LogP contribution in [0.1, 0.15) is 23.3 Å². The summed E-state index contributed by atoms with van der Waals surface area (Å²) in [7, 11) is 0. The van der Waals surface area contributed by atoms with Crippen molar-refractivity contribution in [2.45, 2.75) is 18.9 Å². The number of carbonyl (C=O) groups is 1. The first kappa shape index (κ1) is 16.3. The molecule has 2 aromatic heterocycles. The molecule has 0 saturated carbocycles. The maximum absolute atomic E-state index is 12.6. The molecular formula is C17H19N7O2. The number of nitrogens with two attached hydrogens (primary N) is 1. The molecule has 0 unspecified atom stereocenters. The molecule has 1 fully saturated rings. The van der Waals surface area contributed by atoms with E-state index in [1.165, 1.54) is 0 Å². The minimum Gasteiger partial charge on any atom is -0.381 e. The van der Waals surface area contributed by atoms with Gasteiger partial charge >= 0.3 is 0 Å². The lowest BCUT2D eigenvalue weighted by Gasteiger charge is -2.22. The number of amides is 1. The quantitative estimate of drug-likeness (QED) is 0.560. The van der Waals surface area contributed by atoms with E-state index < -0.39 is 0 Å². The Bertz CT molecular complexity index is 934. The van der Waals surface area contributed by atoms with Crippen LogP contribution in [-0.4, -0.2) is 45.3 Å². The van der Waals surface area contributed by atoms with Crippen molar-refractivity contribution in [3.8, 4) is 0 Å². The zero-order chi connectivity index (χ0) is 17.9. The van der Waals surface area contributed by atoms with Gasteiger partial charge in [-0.05, 0) is 37.1 Å². The first-order chi connectivity index (χ1) is 12.7. The normalized spacial score (nSPS) is 15.1. The van der Waals surface area contributed by atoms with Gasteiger partial charge in [-0.3, -0.25) is 9.89 Å². The van der Waals surface area contributed by atoms with Gasteiger partial charge in [0.1, 0.15) is 5.82 Å². The lowest BCUT2D eigenvalue weighted by atomic mass is 10.1. The highest BCUT2D eigenvalue weighted by atomic mass is 16.5. The number of nitrogens with zero attached hydrogens (tertiary/aromatic N) is 3. The van der Waals surface area contributed by atoms with E-state index in [9.17, 15) is 4.79 Å². The summed E-state index contributed by atoms with van der Waals surface area (Å²) >= 11 is 0. The van der Waals surface area contributed by atoms with Crippen LogP contribution in [0.15, 0.2) is 30.5 Å². The second-order valence-corrected chi connectivity index (χ2v) is 6.12. The fourth-order valence-corrected chi connectivity index (χ4v) is 2.95. The van der Waals surface area contributed by atoms with Crippen LogP contribution in [0.2, 0.25) is 0 Å². The molecular weight excluding hydrogens is 334 g/mol. The van der Waals surface area contributed by atoms with Crippen LogP contribution in [0, 0.1) is 0 Å². The van der Waals surface area contributed by atoms with Crippen molar-refractivity contribution in [2.75, 3.05) is 24.3 Å². The molecule has 4 rings (SSSR count). The molecule has 1 aliphatic heterocycles. The molecule has 26 heavy (non-hydrogen) atoms. The molecule has 0 radical (unpaired) electrons. The van der Waals surface area contributed by atoms with Gasteiger partial charge in [-0.2, -0.15) is 10.1 Å². The molecule has 0 aliphatic carbocycles. The molecule has 9 heteroatoms. The van der Waals surface area contributed by atoms with Crippen molar-refractivity contribution < 1.29 is 9.53 Å². The SMILES string of the molecule is Nc1nccc(Nc2ccc3[nH]nc(C(=O)NC4CCOCC4)c3c2)n1. The number of benzene rings is 1. The Morgan fingerprint density at radius 2 is 2.12 bits per heavy atom. The lowest BCUT2D eigenvalue weighted by molar-refractivity contribution is 0.0695. The van der Waals surface area contributed by atoms with Gasteiger partial charge < -0.3 is 21.1 Å². The van der Waals surface area contributed by atoms with E-state index in [0.29, 0.717) is 24.7 Å². The molecule has 9 nitrogen and oxygen atoms in total. The third kappa shape index (κ3) is 3.42. The van der Waals surface area contributed by atoms with Crippen molar-refractivity contribution in [1.82, 2.24) is 25.5 Å². The summed E-state index contributed by atoms with van der Waals surface area (Å²) in [6.07, 6.45) is 3.21. The average molecular weight is 353 g/mol. The number of aromatic nitrogens is 4. The minimum absolute atomic E-state index is 0.119.